The summed E-state index contributed by atoms with van der Waals surface area (Å²) in [4.78, 5) is 20.3. The average Bonchev–Trinajstić information content (AvgIpc) is 3.43. The molecule has 27 heavy (non-hydrogen) atoms. The van der Waals surface area contributed by atoms with Gasteiger partial charge in [-0.2, -0.15) is 5.10 Å². The quantitative estimate of drug-likeness (QED) is 0.689. The van der Waals surface area contributed by atoms with Gasteiger partial charge in [-0.15, -0.1) is 0 Å². The van der Waals surface area contributed by atoms with E-state index < -0.39 is 0 Å². The van der Waals surface area contributed by atoms with Crippen LogP contribution < -0.4 is 4.90 Å². The fourth-order valence-corrected chi connectivity index (χ4v) is 3.90. The fraction of sp³-hybridized carbons (Fsp3) is 0.409. The van der Waals surface area contributed by atoms with E-state index in [2.05, 4.69) is 31.1 Å². The van der Waals surface area contributed by atoms with Crippen LogP contribution in [0.15, 0.2) is 24.3 Å². The third kappa shape index (κ3) is 3.01. The third-order valence-electron chi connectivity index (χ3n) is 5.42. The van der Waals surface area contributed by atoms with E-state index in [0.717, 1.165) is 46.5 Å². The van der Waals surface area contributed by atoms with E-state index in [-0.39, 0.29) is 5.91 Å². The first kappa shape index (κ1) is 17.7. The van der Waals surface area contributed by atoms with E-state index in [9.17, 15) is 4.79 Å². The Bertz CT molecular complexity index is 1050. The average molecular weight is 362 g/mol. The molecule has 1 aliphatic carbocycles. The summed E-state index contributed by atoms with van der Waals surface area (Å²) in [5, 5.41) is 5.40. The molecule has 0 atom stereocenters. The molecule has 2 aromatic heterocycles. The standard InChI is InChI=1S/C22H26N4O/c1-6-26(19-10-7-13(2)11-14(19)3)22(27)17-12-18(16-8-9-16)23-21-20(17)15(4)24-25(21)5/h7,10-12,16H,6,8-9H2,1-5H3. The lowest BCUT2D eigenvalue weighted by molar-refractivity contribution is 0.0989. The number of hydrogen-bond donors (Lipinski definition) is 0. The molecule has 0 aliphatic heterocycles. The second kappa shape index (κ2) is 6.48. The molecule has 5 heteroatoms. The van der Waals surface area contributed by atoms with Gasteiger partial charge in [-0.1, -0.05) is 17.7 Å². The Kier molecular flexibility index (Phi) is 4.25. The van der Waals surface area contributed by atoms with Crippen LogP contribution >= 0.6 is 0 Å². The third-order valence-corrected chi connectivity index (χ3v) is 5.42. The normalized spacial score (nSPS) is 14.0. The van der Waals surface area contributed by atoms with Crippen molar-refractivity contribution in [2.75, 3.05) is 11.4 Å². The molecule has 3 aromatic rings. The monoisotopic (exact) mass is 362 g/mol. The molecule has 1 aliphatic rings. The van der Waals surface area contributed by atoms with Gasteiger partial charge >= 0.3 is 0 Å². The number of hydrogen-bond acceptors (Lipinski definition) is 3. The maximum Gasteiger partial charge on any atom is 0.259 e. The SMILES string of the molecule is CCN(C(=O)c1cc(C2CC2)nc2c1c(C)nn2C)c1ccc(C)cc1C. The van der Waals surface area contributed by atoms with Crippen molar-refractivity contribution in [3.63, 3.8) is 0 Å². The summed E-state index contributed by atoms with van der Waals surface area (Å²) in [7, 11) is 1.90. The zero-order valence-corrected chi connectivity index (χ0v) is 16.7. The van der Waals surface area contributed by atoms with Crippen LogP contribution in [0.3, 0.4) is 0 Å². The highest BCUT2D eigenvalue weighted by molar-refractivity contribution is 6.14. The van der Waals surface area contributed by atoms with Gasteiger partial charge in [-0.25, -0.2) is 4.98 Å². The van der Waals surface area contributed by atoms with Crippen molar-refractivity contribution in [2.24, 2.45) is 7.05 Å². The van der Waals surface area contributed by atoms with Gasteiger partial charge in [0.2, 0.25) is 0 Å². The summed E-state index contributed by atoms with van der Waals surface area (Å²) >= 11 is 0. The van der Waals surface area contributed by atoms with E-state index in [1.54, 1.807) is 4.68 Å². The minimum absolute atomic E-state index is 0.0230. The number of carbonyl (C=O) groups is 1. The number of aromatic nitrogens is 3. The summed E-state index contributed by atoms with van der Waals surface area (Å²) in [5.74, 6) is 0.502. The molecule has 1 amide bonds. The van der Waals surface area contributed by atoms with Crippen molar-refractivity contribution in [2.45, 2.75) is 46.5 Å². The van der Waals surface area contributed by atoms with Crippen LogP contribution in [0.2, 0.25) is 0 Å². The molecule has 0 N–H and O–H groups in total. The number of carbonyl (C=O) groups excluding carboxylic acids is 1. The lowest BCUT2D eigenvalue weighted by atomic mass is 10.0. The van der Waals surface area contributed by atoms with Crippen molar-refractivity contribution < 1.29 is 4.79 Å². The van der Waals surface area contributed by atoms with Crippen molar-refractivity contribution in [1.82, 2.24) is 14.8 Å². The lowest BCUT2D eigenvalue weighted by Crippen LogP contribution is -2.31. The molecule has 0 radical (unpaired) electrons. The van der Waals surface area contributed by atoms with Gasteiger partial charge in [0.15, 0.2) is 5.65 Å². The highest BCUT2D eigenvalue weighted by Crippen LogP contribution is 2.40. The summed E-state index contributed by atoms with van der Waals surface area (Å²) in [6.07, 6.45) is 2.30. The van der Waals surface area contributed by atoms with Crippen LogP contribution in [0.5, 0.6) is 0 Å². The number of aryl methyl sites for hydroxylation is 4. The number of anilines is 1. The van der Waals surface area contributed by atoms with Gasteiger partial charge in [-0.3, -0.25) is 9.48 Å². The van der Waals surface area contributed by atoms with Crippen LogP contribution in [0.25, 0.3) is 11.0 Å². The zero-order chi connectivity index (χ0) is 19.3. The van der Waals surface area contributed by atoms with Gasteiger partial charge in [0.25, 0.3) is 5.91 Å². The van der Waals surface area contributed by atoms with E-state index in [1.165, 1.54) is 5.56 Å². The minimum atomic E-state index is 0.0230. The molecule has 1 saturated carbocycles. The van der Waals surface area contributed by atoms with Gasteiger partial charge in [0, 0.05) is 30.9 Å². The maximum atomic E-state index is 13.6. The first-order valence-corrected chi connectivity index (χ1v) is 9.64. The van der Waals surface area contributed by atoms with Crippen LogP contribution in [-0.2, 0) is 7.05 Å². The van der Waals surface area contributed by atoms with Crippen LogP contribution in [0, 0.1) is 20.8 Å². The largest absolute Gasteiger partial charge is 0.308 e. The van der Waals surface area contributed by atoms with Crippen molar-refractivity contribution in [3.05, 3.63) is 52.3 Å². The van der Waals surface area contributed by atoms with E-state index in [1.807, 2.05) is 37.9 Å². The molecule has 1 fully saturated rings. The highest BCUT2D eigenvalue weighted by Gasteiger charge is 2.30. The highest BCUT2D eigenvalue weighted by atomic mass is 16.2. The number of rotatable bonds is 4. The first-order chi connectivity index (χ1) is 12.9. The molecule has 0 bridgehead atoms. The second-order valence-electron chi connectivity index (χ2n) is 7.62. The van der Waals surface area contributed by atoms with E-state index in [0.29, 0.717) is 18.0 Å². The van der Waals surface area contributed by atoms with E-state index >= 15 is 0 Å². The van der Waals surface area contributed by atoms with Gasteiger partial charge < -0.3 is 4.90 Å². The Morgan fingerprint density at radius 2 is 1.96 bits per heavy atom. The molecule has 2 heterocycles. The van der Waals surface area contributed by atoms with Gasteiger partial charge in [-0.05, 0) is 58.2 Å². The molecule has 4 rings (SSSR count). The maximum absolute atomic E-state index is 13.6. The fourth-order valence-electron chi connectivity index (χ4n) is 3.90. The van der Waals surface area contributed by atoms with Crippen molar-refractivity contribution >= 4 is 22.6 Å². The molecule has 5 nitrogen and oxygen atoms in total. The second-order valence-corrected chi connectivity index (χ2v) is 7.62. The molecular formula is C22H26N4O. The van der Waals surface area contributed by atoms with Gasteiger partial charge in [0.05, 0.1) is 16.6 Å². The van der Waals surface area contributed by atoms with Crippen molar-refractivity contribution in [3.8, 4) is 0 Å². The Morgan fingerprint density at radius 1 is 1.22 bits per heavy atom. The van der Waals surface area contributed by atoms with Gasteiger partial charge in [0.1, 0.15) is 0 Å². The van der Waals surface area contributed by atoms with Crippen LogP contribution in [0.4, 0.5) is 5.69 Å². The number of amides is 1. The Morgan fingerprint density at radius 3 is 2.59 bits per heavy atom. The summed E-state index contributed by atoms with van der Waals surface area (Å²) in [6.45, 7) is 8.72. The number of nitrogens with zero attached hydrogens (tertiary/aromatic N) is 4. The summed E-state index contributed by atoms with van der Waals surface area (Å²) in [6, 6.07) is 8.23. The molecule has 140 valence electrons. The summed E-state index contributed by atoms with van der Waals surface area (Å²) < 4.78 is 1.79. The Balaban J connectivity index is 1.88. The van der Waals surface area contributed by atoms with E-state index in [4.69, 9.17) is 4.98 Å². The zero-order valence-electron chi connectivity index (χ0n) is 16.7. The number of benzene rings is 1. The molecule has 0 unspecified atom stereocenters. The first-order valence-electron chi connectivity index (χ1n) is 9.64. The predicted molar refractivity (Wildman–Crippen MR) is 108 cm³/mol. The predicted octanol–water partition coefficient (Wildman–Crippen LogP) is 4.44. The Hall–Kier alpha value is -2.69. The number of fused-ring (bicyclic) bond motifs is 1. The molecule has 0 saturated heterocycles. The van der Waals surface area contributed by atoms with Crippen LogP contribution in [0.1, 0.15) is 58.6 Å². The van der Waals surface area contributed by atoms with Crippen LogP contribution in [-0.4, -0.2) is 27.2 Å². The lowest BCUT2D eigenvalue weighted by Gasteiger charge is -2.24. The molecule has 0 spiro atoms. The van der Waals surface area contributed by atoms with Crippen molar-refractivity contribution in [1.29, 1.82) is 0 Å². The smallest absolute Gasteiger partial charge is 0.259 e. The minimum Gasteiger partial charge on any atom is -0.308 e. The molecular weight excluding hydrogens is 336 g/mol. The topological polar surface area (TPSA) is 51.0 Å². The molecule has 1 aromatic carbocycles. The number of pyridine rings is 1. The Labute approximate surface area is 160 Å². The summed E-state index contributed by atoms with van der Waals surface area (Å²) in [5.41, 5.74) is 6.66.